The SMILES string of the molecule is Nc1ncn(CCc2ccccc2)c2nc(SC3=COC(c4ccccc4Br)O3)nc1-2. The summed E-state index contributed by atoms with van der Waals surface area (Å²) in [4.78, 5) is 13.5. The Kier molecular flexibility index (Phi) is 5.52. The van der Waals surface area contributed by atoms with E-state index in [0.29, 0.717) is 27.6 Å². The third-order valence-electron chi connectivity index (χ3n) is 4.82. The number of thioether (sulfide) groups is 1. The highest BCUT2D eigenvalue weighted by molar-refractivity contribution is 9.10. The monoisotopic (exact) mass is 495 g/mol. The second-order valence-corrected chi connectivity index (χ2v) is 8.71. The van der Waals surface area contributed by atoms with Crippen LogP contribution in [0.4, 0.5) is 5.82 Å². The molecule has 2 aromatic rings. The minimum atomic E-state index is -0.509. The molecule has 0 saturated carbocycles. The van der Waals surface area contributed by atoms with Crippen LogP contribution >= 0.6 is 27.7 Å². The molecule has 0 fully saturated rings. The van der Waals surface area contributed by atoms with E-state index in [9.17, 15) is 0 Å². The first-order chi connectivity index (χ1) is 15.2. The van der Waals surface area contributed by atoms with Gasteiger partial charge in [0.2, 0.25) is 5.09 Å². The highest BCUT2D eigenvalue weighted by Crippen LogP contribution is 2.40. The standard InChI is InChI=1S/C22H18BrN5O2S/c23-16-9-5-4-8-15(16)21-29-12-17(30-21)31-22-26-18-19(24)25-13-28(20(18)27-22)11-10-14-6-2-1-3-7-14/h1-9,12-13,21H,10-11,24H2. The Labute approximate surface area is 191 Å². The summed E-state index contributed by atoms with van der Waals surface area (Å²) in [6.45, 7) is 0.725. The third-order valence-corrected chi connectivity index (χ3v) is 6.30. The Hall–Kier alpha value is -3.04. The van der Waals surface area contributed by atoms with Crippen LogP contribution in [0.5, 0.6) is 0 Å². The first-order valence-electron chi connectivity index (χ1n) is 9.64. The van der Waals surface area contributed by atoms with Crippen LogP contribution in [0.2, 0.25) is 0 Å². The van der Waals surface area contributed by atoms with E-state index < -0.39 is 6.29 Å². The zero-order valence-electron chi connectivity index (χ0n) is 16.3. The van der Waals surface area contributed by atoms with E-state index in [1.54, 1.807) is 12.6 Å². The van der Waals surface area contributed by atoms with Crippen molar-refractivity contribution in [3.8, 4) is 11.5 Å². The second-order valence-electron chi connectivity index (χ2n) is 6.88. The molecule has 31 heavy (non-hydrogen) atoms. The lowest BCUT2D eigenvalue weighted by Gasteiger charge is -2.12. The highest BCUT2D eigenvalue weighted by Gasteiger charge is 2.26. The summed E-state index contributed by atoms with van der Waals surface area (Å²) in [5.41, 5.74) is 8.80. The normalized spacial score (nSPS) is 15.5. The van der Waals surface area contributed by atoms with Crippen molar-refractivity contribution in [3.05, 3.63) is 87.9 Å². The van der Waals surface area contributed by atoms with Gasteiger partial charge in [-0.1, -0.05) is 64.5 Å². The molecule has 0 spiro atoms. The van der Waals surface area contributed by atoms with Gasteiger partial charge in [0.1, 0.15) is 6.26 Å². The fraction of sp³-hybridized carbons (Fsp3) is 0.136. The summed E-state index contributed by atoms with van der Waals surface area (Å²) in [5.74, 6) is 1.06. The van der Waals surface area contributed by atoms with E-state index in [0.717, 1.165) is 23.0 Å². The van der Waals surface area contributed by atoms with Gasteiger partial charge < -0.3 is 19.8 Å². The van der Waals surface area contributed by atoms with Crippen molar-refractivity contribution in [2.24, 2.45) is 0 Å². The lowest BCUT2D eigenvalue weighted by Crippen LogP contribution is -2.09. The molecule has 0 bridgehead atoms. The molecule has 7 nitrogen and oxygen atoms in total. The molecular formula is C22H18BrN5O2S. The number of hydrogen-bond acceptors (Lipinski definition) is 7. The van der Waals surface area contributed by atoms with E-state index in [4.69, 9.17) is 15.2 Å². The number of aromatic nitrogens is 4. The minimum Gasteiger partial charge on any atom is -0.454 e. The van der Waals surface area contributed by atoms with Gasteiger partial charge in [-0.2, -0.15) is 0 Å². The lowest BCUT2D eigenvalue weighted by atomic mass is 10.1. The largest absolute Gasteiger partial charge is 0.454 e. The maximum Gasteiger partial charge on any atom is 0.268 e. The van der Waals surface area contributed by atoms with Crippen LogP contribution in [0.25, 0.3) is 11.5 Å². The fourth-order valence-corrected chi connectivity index (χ4v) is 4.42. The average Bonchev–Trinajstić information content (AvgIpc) is 3.42. The number of fused-ring (bicyclic) bond motifs is 1. The molecule has 0 aromatic heterocycles. The molecule has 5 rings (SSSR count). The van der Waals surface area contributed by atoms with Gasteiger partial charge in [-0.05, 0) is 29.8 Å². The summed E-state index contributed by atoms with van der Waals surface area (Å²) < 4.78 is 14.5. The number of aryl methyl sites for hydroxylation is 2. The number of nitrogen functional groups attached to an aromatic ring is 1. The molecule has 156 valence electrons. The van der Waals surface area contributed by atoms with E-state index >= 15 is 0 Å². The molecule has 0 amide bonds. The Morgan fingerprint density at radius 3 is 2.71 bits per heavy atom. The van der Waals surface area contributed by atoms with Crippen molar-refractivity contribution >= 4 is 33.5 Å². The molecule has 3 heterocycles. The molecule has 1 atom stereocenters. The van der Waals surface area contributed by atoms with Crippen molar-refractivity contribution < 1.29 is 9.47 Å². The van der Waals surface area contributed by atoms with Crippen LogP contribution in [-0.2, 0) is 22.4 Å². The van der Waals surface area contributed by atoms with Crippen LogP contribution < -0.4 is 5.73 Å². The smallest absolute Gasteiger partial charge is 0.268 e. The van der Waals surface area contributed by atoms with Gasteiger partial charge in [0, 0.05) is 16.6 Å². The van der Waals surface area contributed by atoms with Crippen LogP contribution in [0, 0.1) is 0 Å². The zero-order valence-corrected chi connectivity index (χ0v) is 18.7. The third kappa shape index (κ3) is 4.24. The first kappa shape index (κ1) is 19.9. The van der Waals surface area contributed by atoms with Crippen molar-refractivity contribution in [2.45, 2.75) is 24.4 Å². The summed E-state index contributed by atoms with van der Waals surface area (Å²) in [5, 5.41) is 1.12. The molecule has 0 radical (unpaired) electrons. The fourth-order valence-electron chi connectivity index (χ4n) is 3.26. The van der Waals surface area contributed by atoms with E-state index in [1.165, 1.54) is 17.3 Å². The maximum absolute atomic E-state index is 6.06. The second kappa shape index (κ2) is 8.60. The highest BCUT2D eigenvalue weighted by atomic mass is 79.9. The number of nitrogens with zero attached hydrogens (tertiary/aromatic N) is 4. The molecule has 1 unspecified atom stereocenters. The quantitative estimate of drug-likeness (QED) is 0.402. The predicted molar refractivity (Wildman–Crippen MR) is 122 cm³/mol. The predicted octanol–water partition coefficient (Wildman–Crippen LogP) is 5.00. The number of hydrogen-bond donors (Lipinski definition) is 1. The minimum absolute atomic E-state index is 0.356. The molecular weight excluding hydrogens is 478 g/mol. The number of halogens is 1. The van der Waals surface area contributed by atoms with Crippen LogP contribution in [-0.4, -0.2) is 19.5 Å². The number of anilines is 1. The van der Waals surface area contributed by atoms with E-state index in [2.05, 4.69) is 43.0 Å². The van der Waals surface area contributed by atoms with Crippen molar-refractivity contribution in [2.75, 3.05) is 5.73 Å². The Morgan fingerprint density at radius 1 is 1.06 bits per heavy atom. The number of benzene rings is 2. The van der Waals surface area contributed by atoms with Gasteiger partial charge in [0.05, 0.1) is 6.33 Å². The Morgan fingerprint density at radius 2 is 1.87 bits per heavy atom. The number of imidazole rings is 1. The lowest BCUT2D eigenvalue weighted by molar-refractivity contribution is -0.0278. The summed E-state index contributed by atoms with van der Waals surface area (Å²) in [6, 6.07) is 18.1. The van der Waals surface area contributed by atoms with Gasteiger partial charge >= 0.3 is 0 Å². The Bertz CT molecular complexity index is 1210. The van der Waals surface area contributed by atoms with E-state index in [1.807, 2.05) is 47.0 Å². The summed E-state index contributed by atoms with van der Waals surface area (Å²) in [7, 11) is 0. The summed E-state index contributed by atoms with van der Waals surface area (Å²) in [6.07, 6.45) is 3.64. The Balaban J connectivity index is 1.32. The molecule has 3 aliphatic heterocycles. The van der Waals surface area contributed by atoms with Gasteiger partial charge in [-0.25, -0.2) is 15.0 Å². The van der Waals surface area contributed by atoms with Gasteiger partial charge in [0.15, 0.2) is 22.5 Å². The topological polar surface area (TPSA) is 88.1 Å². The van der Waals surface area contributed by atoms with E-state index in [-0.39, 0.29) is 0 Å². The van der Waals surface area contributed by atoms with Crippen molar-refractivity contribution in [1.82, 2.24) is 19.5 Å². The van der Waals surface area contributed by atoms with Gasteiger partial charge in [-0.3, -0.25) is 0 Å². The molecule has 0 aliphatic carbocycles. The number of ether oxygens (including phenoxy) is 2. The van der Waals surface area contributed by atoms with Crippen LogP contribution in [0.15, 0.2) is 81.9 Å². The molecule has 0 saturated heterocycles. The van der Waals surface area contributed by atoms with Crippen LogP contribution in [0.3, 0.4) is 0 Å². The first-order valence-corrected chi connectivity index (χ1v) is 11.2. The van der Waals surface area contributed by atoms with Crippen molar-refractivity contribution in [3.63, 3.8) is 0 Å². The van der Waals surface area contributed by atoms with Crippen LogP contribution in [0.1, 0.15) is 17.4 Å². The van der Waals surface area contributed by atoms with Crippen molar-refractivity contribution in [1.29, 1.82) is 0 Å². The zero-order chi connectivity index (χ0) is 21.2. The number of nitrogens with two attached hydrogens (primary N) is 1. The molecule has 2 N–H and O–H groups in total. The summed E-state index contributed by atoms with van der Waals surface area (Å²) >= 11 is 4.82. The molecule has 9 heteroatoms. The molecule has 3 aliphatic rings. The molecule has 2 aromatic carbocycles. The van der Waals surface area contributed by atoms with Gasteiger partial charge in [-0.15, -0.1) is 0 Å². The van der Waals surface area contributed by atoms with Gasteiger partial charge in [0.25, 0.3) is 6.29 Å². The number of rotatable bonds is 6. The maximum atomic E-state index is 6.06. The average molecular weight is 496 g/mol.